The largest absolute Gasteiger partial charge is 0.481 e. The van der Waals surface area contributed by atoms with E-state index in [2.05, 4.69) is 28.1 Å². The molecule has 0 aromatic heterocycles. The van der Waals surface area contributed by atoms with Crippen LogP contribution in [0.25, 0.3) is 0 Å². The minimum atomic E-state index is -0.732. The van der Waals surface area contributed by atoms with Gasteiger partial charge in [0, 0.05) is 4.47 Å². The van der Waals surface area contributed by atoms with Gasteiger partial charge in [0.1, 0.15) is 0 Å². The van der Waals surface area contributed by atoms with Crippen molar-refractivity contribution in [2.24, 2.45) is 5.41 Å². The van der Waals surface area contributed by atoms with E-state index in [1.165, 1.54) is 23.1 Å². The number of carboxylic acid groups (broad SMARTS) is 1. The summed E-state index contributed by atoms with van der Waals surface area (Å²) in [5.74, 6) is -0.732. The molecule has 1 aromatic carbocycles. The number of aliphatic carboxylic acids is 1. The van der Waals surface area contributed by atoms with Gasteiger partial charge in [-0.1, -0.05) is 15.9 Å². The highest BCUT2D eigenvalue weighted by atomic mass is 79.9. The summed E-state index contributed by atoms with van der Waals surface area (Å²) in [4.78, 5) is 11.2. The number of fused-ring (bicyclic) bond motifs is 1. The Morgan fingerprint density at radius 2 is 2.12 bits per heavy atom. The number of hydrogen-bond acceptors (Lipinski definition) is 1. The Balaban J connectivity index is 2.37. The Bertz CT molecular complexity index is 464. The number of rotatable bonds is 3. The van der Waals surface area contributed by atoms with Crippen molar-refractivity contribution in [3.63, 3.8) is 0 Å². The first-order chi connectivity index (χ1) is 7.90. The van der Waals surface area contributed by atoms with E-state index in [1.807, 2.05) is 0 Å². The summed E-state index contributed by atoms with van der Waals surface area (Å²) >= 11 is 3.51. The Morgan fingerprint density at radius 3 is 2.76 bits per heavy atom. The molecule has 1 aliphatic rings. The maximum absolute atomic E-state index is 11.2. The molecular formula is C14H17BrO2. The van der Waals surface area contributed by atoms with Gasteiger partial charge >= 0.3 is 5.97 Å². The smallest absolute Gasteiger partial charge is 0.309 e. The average Bonchev–Trinajstić information content (AvgIpc) is 2.64. The zero-order valence-corrected chi connectivity index (χ0v) is 11.8. The molecule has 0 atom stereocenters. The van der Waals surface area contributed by atoms with Crippen LogP contribution >= 0.6 is 15.9 Å². The van der Waals surface area contributed by atoms with Crippen LogP contribution in [0.15, 0.2) is 16.6 Å². The SMILES string of the molecule is CC(C)(Cc1cc(Br)cc2c1CCC2)C(=O)O. The van der Waals surface area contributed by atoms with Gasteiger partial charge in [0.25, 0.3) is 0 Å². The Kier molecular flexibility index (Phi) is 3.30. The molecule has 3 heteroatoms. The van der Waals surface area contributed by atoms with Crippen LogP contribution in [0.4, 0.5) is 0 Å². The Hall–Kier alpha value is -0.830. The van der Waals surface area contributed by atoms with Crippen molar-refractivity contribution in [2.45, 2.75) is 39.5 Å². The number of carbonyl (C=O) groups is 1. The molecular weight excluding hydrogens is 280 g/mol. The standard InChI is InChI=1S/C14H17BrO2/c1-14(2,13(16)17)8-10-7-11(15)6-9-4-3-5-12(9)10/h6-7H,3-5,8H2,1-2H3,(H,16,17). The number of benzene rings is 1. The molecule has 0 saturated heterocycles. The fraction of sp³-hybridized carbons (Fsp3) is 0.500. The van der Waals surface area contributed by atoms with Crippen molar-refractivity contribution in [1.82, 2.24) is 0 Å². The molecule has 1 N–H and O–H groups in total. The molecule has 0 bridgehead atoms. The van der Waals surface area contributed by atoms with Crippen LogP contribution in [-0.4, -0.2) is 11.1 Å². The molecule has 0 heterocycles. The number of carboxylic acids is 1. The van der Waals surface area contributed by atoms with Crippen LogP contribution in [0.5, 0.6) is 0 Å². The Morgan fingerprint density at radius 1 is 1.41 bits per heavy atom. The average molecular weight is 297 g/mol. The third-order valence-corrected chi connectivity index (χ3v) is 3.94. The molecule has 92 valence electrons. The predicted molar refractivity (Wildman–Crippen MR) is 71.3 cm³/mol. The van der Waals surface area contributed by atoms with Crippen molar-refractivity contribution in [3.8, 4) is 0 Å². The van der Waals surface area contributed by atoms with Crippen molar-refractivity contribution in [3.05, 3.63) is 33.3 Å². The van der Waals surface area contributed by atoms with Gasteiger partial charge < -0.3 is 5.11 Å². The van der Waals surface area contributed by atoms with Gasteiger partial charge in [-0.15, -0.1) is 0 Å². The van der Waals surface area contributed by atoms with E-state index in [1.54, 1.807) is 13.8 Å². The third-order valence-electron chi connectivity index (χ3n) is 3.48. The van der Waals surface area contributed by atoms with Gasteiger partial charge in [-0.25, -0.2) is 0 Å². The lowest BCUT2D eigenvalue weighted by Crippen LogP contribution is -2.26. The summed E-state index contributed by atoms with van der Waals surface area (Å²) in [6.07, 6.45) is 4.00. The van der Waals surface area contributed by atoms with E-state index >= 15 is 0 Å². The molecule has 2 nitrogen and oxygen atoms in total. The van der Waals surface area contributed by atoms with Gasteiger partial charge in [-0.05, 0) is 68.4 Å². The second-order valence-corrected chi connectivity index (χ2v) is 6.34. The first kappa shape index (κ1) is 12.6. The summed E-state index contributed by atoms with van der Waals surface area (Å²) in [6.45, 7) is 3.58. The zero-order chi connectivity index (χ0) is 12.6. The number of hydrogen-bond donors (Lipinski definition) is 1. The van der Waals surface area contributed by atoms with Crippen LogP contribution in [0.3, 0.4) is 0 Å². The minimum absolute atomic E-state index is 0.601. The zero-order valence-electron chi connectivity index (χ0n) is 10.2. The molecule has 0 spiro atoms. The molecule has 0 amide bonds. The van der Waals surface area contributed by atoms with Crippen molar-refractivity contribution in [2.75, 3.05) is 0 Å². The van der Waals surface area contributed by atoms with Crippen molar-refractivity contribution >= 4 is 21.9 Å². The Labute approximate surface area is 110 Å². The lowest BCUT2D eigenvalue weighted by Gasteiger charge is -2.21. The summed E-state index contributed by atoms with van der Waals surface area (Å²) in [6, 6.07) is 4.24. The molecule has 2 rings (SSSR count). The van der Waals surface area contributed by atoms with Crippen LogP contribution in [0, 0.1) is 5.41 Å². The second kappa shape index (κ2) is 4.45. The van der Waals surface area contributed by atoms with E-state index in [9.17, 15) is 9.90 Å². The quantitative estimate of drug-likeness (QED) is 0.925. The van der Waals surface area contributed by atoms with E-state index < -0.39 is 11.4 Å². The molecule has 1 aromatic rings. The van der Waals surface area contributed by atoms with Gasteiger partial charge in [0.15, 0.2) is 0 Å². The summed E-state index contributed by atoms with van der Waals surface area (Å²) in [5, 5.41) is 9.21. The maximum atomic E-state index is 11.2. The highest BCUT2D eigenvalue weighted by Gasteiger charge is 2.29. The molecule has 0 saturated carbocycles. The fourth-order valence-corrected chi connectivity index (χ4v) is 3.02. The van der Waals surface area contributed by atoms with Crippen LogP contribution in [-0.2, 0) is 24.1 Å². The van der Waals surface area contributed by atoms with E-state index in [4.69, 9.17) is 0 Å². The maximum Gasteiger partial charge on any atom is 0.309 e. The first-order valence-corrected chi connectivity index (χ1v) is 6.73. The predicted octanol–water partition coefficient (Wildman–Crippen LogP) is 3.59. The van der Waals surface area contributed by atoms with Crippen LogP contribution in [0.2, 0.25) is 0 Å². The van der Waals surface area contributed by atoms with Gasteiger partial charge in [-0.2, -0.15) is 0 Å². The topological polar surface area (TPSA) is 37.3 Å². The highest BCUT2D eigenvalue weighted by Crippen LogP contribution is 2.33. The minimum Gasteiger partial charge on any atom is -0.481 e. The molecule has 0 unspecified atom stereocenters. The molecule has 1 aliphatic carbocycles. The first-order valence-electron chi connectivity index (χ1n) is 5.94. The number of halogens is 1. The molecule has 0 aliphatic heterocycles. The third kappa shape index (κ3) is 2.54. The molecule has 17 heavy (non-hydrogen) atoms. The van der Waals surface area contributed by atoms with Gasteiger partial charge in [-0.3, -0.25) is 4.79 Å². The van der Waals surface area contributed by atoms with E-state index in [0.29, 0.717) is 6.42 Å². The lowest BCUT2D eigenvalue weighted by atomic mass is 9.83. The van der Waals surface area contributed by atoms with Crippen molar-refractivity contribution in [1.29, 1.82) is 0 Å². The van der Waals surface area contributed by atoms with Crippen molar-refractivity contribution < 1.29 is 9.90 Å². The van der Waals surface area contributed by atoms with Gasteiger partial charge in [0.05, 0.1) is 5.41 Å². The second-order valence-electron chi connectivity index (χ2n) is 5.42. The van der Waals surface area contributed by atoms with Gasteiger partial charge in [0.2, 0.25) is 0 Å². The van der Waals surface area contributed by atoms with E-state index in [-0.39, 0.29) is 0 Å². The van der Waals surface area contributed by atoms with Crippen LogP contribution < -0.4 is 0 Å². The van der Waals surface area contributed by atoms with E-state index in [0.717, 1.165) is 17.3 Å². The summed E-state index contributed by atoms with van der Waals surface area (Å²) in [7, 11) is 0. The number of aryl methyl sites for hydroxylation is 1. The summed E-state index contributed by atoms with van der Waals surface area (Å²) in [5.41, 5.74) is 3.26. The normalized spacial score (nSPS) is 14.8. The fourth-order valence-electron chi connectivity index (χ4n) is 2.46. The monoisotopic (exact) mass is 296 g/mol. The molecule has 0 fully saturated rings. The highest BCUT2D eigenvalue weighted by molar-refractivity contribution is 9.10. The lowest BCUT2D eigenvalue weighted by molar-refractivity contribution is -0.146. The molecule has 0 radical (unpaired) electrons. The van der Waals surface area contributed by atoms with Crippen LogP contribution in [0.1, 0.15) is 37.0 Å². The summed E-state index contributed by atoms with van der Waals surface area (Å²) < 4.78 is 1.06.